The summed E-state index contributed by atoms with van der Waals surface area (Å²) in [6.07, 6.45) is 10.5. The van der Waals surface area contributed by atoms with Crippen LogP contribution in [0.15, 0.2) is 18.2 Å². The standard InChI is InChI=1S/C21H35N5/c1-3-10-20-18(8-1)22-12-13-23-19-9-2-4-11-21(19)25-15-17-7-5-6-16(26-17)14-24-20/h5-7,18-25H,1-4,8-15H2/t18?,19?,20-,21-/m0/s1. The van der Waals surface area contributed by atoms with E-state index >= 15 is 0 Å². The lowest BCUT2D eigenvalue weighted by molar-refractivity contribution is 0.266. The maximum Gasteiger partial charge on any atom is 0.0545 e. The van der Waals surface area contributed by atoms with Gasteiger partial charge in [0.15, 0.2) is 0 Å². The van der Waals surface area contributed by atoms with E-state index in [-0.39, 0.29) is 0 Å². The summed E-state index contributed by atoms with van der Waals surface area (Å²) in [6.45, 7) is 3.89. The van der Waals surface area contributed by atoms with Gasteiger partial charge in [-0.2, -0.15) is 0 Å². The van der Waals surface area contributed by atoms with Crippen molar-refractivity contribution in [2.45, 2.75) is 88.6 Å². The van der Waals surface area contributed by atoms with Crippen LogP contribution in [0.25, 0.3) is 0 Å². The monoisotopic (exact) mass is 357 g/mol. The predicted molar refractivity (Wildman–Crippen MR) is 106 cm³/mol. The van der Waals surface area contributed by atoms with Crippen LogP contribution in [-0.4, -0.2) is 42.2 Å². The van der Waals surface area contributed by atoms with Gasteiger partial charge in [-0.1, -0.05) is 31.7 Å². The van der Waals surface area contributed by atoms with Crippen LogP contribution in [0.2, 0.25) is 0 Å². The number of hydrogen-bond donors (Lipinski definition) is 4. The fraction of sp³-hybridized carbons (Fsp3) is 0.762. The fourth-order valence-corrected chi connectivity index (χ4v) is 4.95. The summed E-state index contributed by atoms with van der Waals surface area (Å²) in [5, 5.41) is 15.2. The average molecular weight is 358 g/mol. The Hall–Kier alpha value is -1.01. The summed E-state index contributed by atoms with van der Waals surface area (Å²) in [5.74, 6) is 0. The van der Waals surface area contributed by atoms with Crippen molar-refractivity contribution in [3.8, 4) is 0 Å². The minimum Gasteiger partial charge on any atom is -0.311 e. The van der Waals surface area contributed by atoms with Gasteiger partial charge in [-0.3, -0.25) is 4.98 Å². The molecule has 2 saturated carbocycles. The first-order valence-electron chi connectivity index (χ1n) is 10.8. The highest BCUT2D eigenvalue weighted by molar-refractivity contribution is 5.12. The zero-order valence-electron chi connectivity index (χ0n) is 16.0. The summed E-state index contributed by atoms with van der Waals surface area (Å²) in [7, 11) is 0. The molecule has 0 radical (unpaired) electrons. The molecule has 2 bridgehead atoms. The molecule has 2 fully saturated rings. The third-order valence-corrected chi connectivity index (χ3v) is 6.43. The van der Waals surface area contributed by atoms with Gasteiger partial charge in [-0.15, -0.1) is 0 Å². The van der Waals surface area contributed by atoms with Gasteiger partial charge in [0.05, 0.1) is 11.4 Å². The third kappa shape index (κ3) is 4.83. The van der Waals surface area contributed by atoms with Gasteiger partial charge in [0.25, 0.3) is 0 Å². The minimum absolute atomic E-state index is 0.569. The van der Waals surface area contributed by atoms with E-state index in [1.54, 1.807) is 0 Å². The predicted octanol–water partition coefficient (Wildman–Crippen LogP) is 2.08. The van der Waals surface area contributed by atoms with E-state index in [1.807, 2.05) is 0 Å². The van der Waals surface area contributed by atoms with Crippen LogP contribution in [0.1, 0.15) is 62.8 Å². The lowest BCUT2D eigenvalue weighted by Crippen LogP contribution is -2.53. The number of nitrogens with zero attached hydrogens (tertiary/aromatic N) is 1. The largest absolute Gasteiger partial charge is 0.311 e. The summed E-state index contributed by atoms with van der Waals surface area (Å²) in [5.41, 5.74) is 2.34. The van der Waals surface area contributed by atoms with Crippen molar-refractivity contribution in [2.75, 3.05) is 13.1 Å². The molecule has 5 heteroatoms. The number of aromatic nitrogens is 1. The van der Waals surface area contributed by atoms with Gasteiger partial charge in [0, 0.05) is 50.3 Å². The smallest absolute Gasteiger partial charge is 0.0545 e. The van der Waals surface area contributed by atoms with E-state index in [0.717, 1.165) is 26.2 Å². The Bertz CT molecular complexity index is 518. The van der Waals surface area contributed by atoms with Crippen LogP contribution >= 0.6 is 0 Å². The molecule has 4 rings (SSSR count). The summed E-state index contributed by atoms with van der Waals surface area (Å²) in [6, 6.07) is 8.81. The summed E-state index contributed by atoms with van der Waals surface area (Å²) in [4.78, 5) is 4.89. The first kappa shape index (κ1) is 18.4. The minimum atomic E-state index is 0.569. The molecule has 2 aliphatic carbocycles. The highest BCUT2D eigenvalue weighted by Crippen LogP contribution is 2.20. The van der Waals surface area contributed by atoms with Crippen LogP contribution in [0.5, 0.6) is 0 Å². The molecular formula is C21H35N5. The summed E-state index contributed by atoms with van der Waals surface area (Å²) >= 11 is 0. The van der Waals surface area contributed by atoms with Crippen molar-refractivity contribution in [3.63, 3.8) is 0 Å². The Morgan fingerprint density at radius 3 is 1.50 bits per heavy atom. The van der Waals surface area contributed by atoms with E-state index in [1.165, 1.54) is 62.8 Å². The van der Waals surface area contributed by atoms with E-state index in [4.69, 9.17) is 4.98 Å². The van der Waals surface area contributed by atoms with E-state index < -0.39 is 0 Å². The molecule has 0 aromatic carbocycles. The lowest BCUT2D eigenvalue weighted by atomic mass is 9.89. The number of pyridine rings is 1. The van der Waals surface area contributed by atoms with E-state index in [9.17, 15) is 0 Å². The highest BCUT2D eigenvalue weighted by Gasteiger charge is 2.26. The SMILES string of the molecule is c1cc2nc(c1)CN[C@H]1CCCCC1NCCNC1CCCC[C@@H]1NC2. The van der Waals surface area contributed by atoms with Crippen molar-refractivity contribution in [1.82, 2.24) is 26.3 Å². The molecule has 144 valence electrons. The van der Waals surface area contributed by atoms with Crippen molar-refractivity contribution in [3.05, 3.63) is 29.6 Å². The van der Waals surface area contributed by atoms with Gasteiger partial charge >= 0.3 is 0 Å². The Morgan fingerprint density at radius 1 is 0.615 bits per heavy atom. The van der Waals surface area contributed by atoms with Gasteiger partial charge in [0.1, 0.15) is 0 Å². The van der Waals surface area contributed by atoms with Crippen LogP contribution in [-0.2, 0) is 13.1 Å². The Balaban J connectivity index is 1.47. The topological polar surface area (TPSA) is 61.0 Å². The Kier molecular flexibility index (Phi) is 6.54. The Labute approximate surface area is 158 Å². The van der Waals surface area contributed by atoms with E-state index in [2.05, 4.69) is 39.5 Å². The van der Waals surface area contributed by atoms with Gasteiger partial charge in [-0.25, -0.2) is 0 Å². The first-order valence-corrected chi connectivity index (χ1v) is 10.8. The quantitative estimate of drug-likeness (QED) is 0.573. The molecule has 2 heterocycles. The van der Waals surface area contributed by atoms with Crippen molar-refractivity contribution >= 4 is 0 Å². The molecule has 26 heavy (non-hydrogen) atoms. The second-order valence-corrected chi connectivity index (χ2v) is 8.29. The fourth-order valence-electron chi connectivity index (χ4n) is 4.95. The third-order valence-electron chi connectivity index (χ3n) is 6.43. The molecule has 0 saturated heterocycles. The number of nitrogens with one attached hydrogen (secondary N) is 4. The van der Waals surface area contributed by atoms with Crippen LogP contribution in [0.4, 0.5) is 0 Å². The molecule has 0 amide bonds. The number of rotatable bonds is 0. The van der Waals surface area contributed by atoms with Gasteiger partial charge < -0.3 is 21.3 Å². The van der Waals surface area contributed by atoms with E-state index in [0.29, 0.717) is 24.2 Å². The molecule has 1 aromatic rings. The number of fused-ring (bicyclic) bond motifs is 4. The first-order chi connectivity index (χ1) is 12.9. The molecule has 1 aromatic heterocycles. The molecule has 4 atom stereocenters. The van der Waals surface area contributed by atoms with Crippen LogP contribution in [0, 0.1) is 0 Å². The lowest BCUT2D eigenvalue weighted by Gasteiger charge is -2.34. The molecule has 4 N–H and O–H groups in total. The zero-order chi connectivity index (χ0) is 17.6. The maximum absolute atomic E-state index is 4.89. The Morgan fingerprint density at radius 2 is 1.04 bits per heavy atom. The molecule has 0 spiro atoms. The highest BCUT2D eigenvalue weighted by atomic mass is 15.1. The molecular weight excluding hydrogens is 322 g/mol. The molecule has 5 nitrogen and oxygen atoms in total. The van der Waals surface area contributed by atoms with Crippen molar-refractivity contribution in [2.24, 2.45) is 0 Å². The van der Waals surface area contributed by atoms with Crippen LogP contribution < -0.4 is 21.3 Å². The van der Waals surface area contributed by atoms with Crippen LogP contribution in [0.3, 0.4) is 0 Å². The molecule has 2 unspecified atom stereocenters. The second-order valence-electron chi connectivity index (χ2n) is 8.29. The zero-order valence-corrected chi connectivity index (χ0v) is 16.0. The average Bonchev–Trinajstić information content (AvgIpc) is 2.69. The van der Waals surface area contributed by atoms with Gasteiger partial charge in [-0.05, 0) is 37.8 Å². The maximum atomic E-state index is 4.89. The molecule has 3 aliphatic rings. The van der Waals surface area contributed by atoms with Crippen molar-refractivity contribution in [1.29, 1.82) is 0 Å². The second kappa shape index (κ2) is 9.27. The van der Waals surface area contributed by atoms with Gasteiger partial charge in [0.2, 0.25) is 0 Å². The number of hydrogen-bond acceptors (Lipinski definition) is 5. The van der Waals surface area contributed by atoms with Crippen molar-refractivity contribution < 1.29 is 0 Å². The summed E-state index contributed by atoms with van der Waals surface area (Å²) < 4.78 is 0. The normalized spacial score (nSPS) is 34.0. The molecule has 1 aliphatic heterocycles.